The SMILES string of the molecule is C#CCN1C(=O)C(Cl)=C(Nc2ccc(Br)cc2)C1=O. The van der Waals surface area contributed by atoms with Crippen LogP contribution in [-0.2, 0) is 9.59 Å². The van der Waals surface area contributed by atoms with E-state index in [2.05, 4.69) is 27.2 Å². The summed E-state index contributed by atoms with van der Waals surface area (Å²) in [5, 5.41) is 2.68. The van der Waals surface area contributed by atoms with Crippen molar-refractivity contribution in [2.75, 3.05) is 11.9 Å². The van der Waals surface area contributed by atoms with Crippen molar-refractivity contribution < 1.29 is 9.59 Å². The third-order valence-electron chi connectivity index (χ3n) is 2.47. The molecule has 0 radical (unpaired) electrons. The molecular weight excluding hydrogens is 332 g/mol. The van der Waals surface area contributed by atoms with E-state index in [9.17, 15) is 9.59 Å². The van der Waals surface area contributed by atoms with Crippen molar-refractivity contribution in [3.05, 3.63) is 39.5 Å². The number of nitrogens with one attached hydrogen (secondary N) is 1. The van der Waals surface area contributed by atoms with Gasteiger partial charge in [-0.3, -0.25) is 14.5 Å². The molecule has 0 saturated heterocycles. The minimum atomic E-state index is -0.579. The first-order chi connectivity index (χ1) is 9.04. The number of nitrogens with zero attached hydrogens (tertiary/aromatic N) is 1. The van der Waals surface area contributed by atoms with Gasteiger partial charge in [0.15, 0.2) is 0 Å². The summed E-state index contributed by atoms with van der Waals surface area (Å²) < 4.78 is 0.904. The average Bonchev–Trinajstić information content (AvgIpc) is 2.59. The van der Waals surface area contributed by atoms with Crippen molar-refractivity contribution >= 4 is 45.0 Å². The number of halogens is 2. The fourth-order valence-corrected chi connectivity index (χ4v) is 2.06. The third kappa shape index (κ3) is 2.65. The molecular formula is C13H8BrClN2O2. The lowest BCUT2D eigenvalue weighted by molar-refractivity contribution is -0.136. The molecule has 0 spiro atoms. The zero-order chi connectivity index (χ0) is 14.0. The summed E-state index contributed by atoms with van der Waals surface area (Å²) in [7, 11) is 0. The number of benzene rings is 1. The molecule has 6 heteroatoms. The quantitative estimate of drug-likeness (QED) is 0.679. The fourth-order valence-electron chi connectivity index (χ4n) is 1.57. The van der Waals surface area contributed by atoms with E-state index in [4.69, 9.17) is 18.0 Å². The van der Waals surface area contributed by atoms with Gasteiger partial charge in [-0.15, -0.1) is 6.42 Å². The van der Waals surface area contributed by atoms with E-state index in [0.717, 1.165) is 9.37 Å². The van der Waals surface area contributed by atoms with Crippen molar-refractivity contribution in [1.29, 1.82) is 0 Å². The van der Waals surface area contributed by atoms with E-state index in [1.807, 2.05) is 0 Å². The fraction of sp³-hybridized carbons (Fsp3) is 0.0769. The Hall–Kier alpha value is -1.77. The van der Waals surface area contributed by atoms with Crippen molar-refractivity contribution in [3.63, 3.8) is 0 Å². The van der Waals surface area contributed by atoms with Gasteiger partial charge < -0.3 is 5.32 Å². The molecule has 1 aliphatic heterocycles. The minimum absolute atomic E-state index is 0.0456. The van der Waals surface area contributed by atoms with Gasteiger partial charge in [-0.2, -0.15) is 0 Å². The van der Waals surface area contributed by atoms with Crippen LogP contribution in [0.25, 0.3) is 0 Å². The Kier molecular flexibility index (Phi) is 3.93. The number of hydrogen-bond acceptors (Lipinski definition) is 3. The van der Waals surface area contributed by atoms with Crippen LogP contribution in [-0.4, -0.2) is 23.3 Å². The van der Waals surface area contributed by atoms with E-state index in [1.54, 1.807) is 24.3 Å². The Morgan fingerprint density at radius 3 is 2.47 bits per heavy atom. The Bertz CT molecular complexity index is 617. The van der Waals surface area contributed by atoms with Crippen LogP contribution in [0.4, 0.5) is 5.69 Å². The maximum absolute atomic E-state index is 12.0. The smallest absolute Gasteiger partial charge is 0.279 e. The molecule has 2 rings (SSSR count). The molecule has 1 aromatic carbocycles. The van der Waals surface area contributed by atoms with Gasteiger partial charge in [-0.1, -0.05) is 33.5 Å². The second-order valence-corrected chi connectivity index (χ2v) is 5.02. The molecule has 0 aromatic heterocycles. The minimum Gasteiger partial charge on any atom is -0.350 e. The lowest BCUT2D eigenvalue weighted by Gasteiger charge is -2.11. The molecule has 19 heavy (non-hydrogen) atoms. The highest BCUT2D eigenvalue weighted by molar-refractivity contribution is 9.10. The van der Waals surface area contributed by atoms with Crippen LogP contribution in [0.5, 0.6) is 0 Å². The lowest BCUT2D eigenvalue weighted by atomic mass is 10.3. The Morgan fingerprint density at radius 2 is 1.89 bits per heavy atom. The zero-order valence-corrected chi connectivity index (χ0v) is 12.0. The van der Waals surface area contributed by atoms with Crippen molar-refractivity contribution in [3.8, 4) is 12.3 Å². The first-order valence-corrected chi connectivity index (χ1v) is 6.43. The highest BCUT2D eigenvalue weighted by Gasteiger charge is 2.37. The second kappa shape index (κ2) is 5.47. The van der Waals surface area contributed by atoms with Gasteiger partial charge in [0, 0.05) is 10.2 Å². The third-order valence-corrected chi connectivity index (χ3v) is 3.35. The van der Waals surface area contributed by atoms with Crippen LogP contribution >= 0.6 is 27.5 Å². The Labute approximate surface area is 123 Å². The normalized spacial score (nSPS) is 14.9. The van der Waals surface area contributed by atoms with Crippen LogP contribution < -0.4 is 5.32 Å². The molecule has 0 unspecified atom stereocenters. The number of carbonyl (C=O) groups is 2. The second-order valence-electron chi connectivity index (χ2n) is 3.72. The number of terminal acetylenes is 1. The average molecular weight is 340 g/mol. The molecule has 1 aliphatic rings. The highest BCUT2D eigenvalue weighted by Crippen LogP contribution is 2.25. The number of anilines is 1. The topological polar surface area (TPSA) is 49.4 Å². The molecule has 1 heterocycles. The van der Waals surface area contributed by atoms with Crippen LogP contribution in [0.15, 0.2) is 39.5 Å². The largest absolute Gasteiger partial charge is 0.350 e. The zero-order valence-electron chi connectivity index (χ0n) is 9.61. The number of carbonyl (C=O) groups excluding carboxylic acids is 2. The summed E-state index contributed by atoms with van der Waals surface area (Å²) in [4.78, 5) is 24.6. The number of amides is 2. The monoisotopic (exact) mass is 338 g/mol. The van der Waals surface area contributed by atoms with E-state index in [1.165, 1.54) is 0 Å². The first kappa shape index (κ1) is 13.7. The van der Waals surface area contributed by atoms with Gasteiger partial charge in [0.25, 0.3) is 11.8 Å². The van der Waals surface area contributed by atoms with Crippen LogP contribution in [0.2, 0.25) is 0 Å². The molecule has 0 atom stereocenters. The Balaban J connectivity index is 2.25. The molecule has 1 aromatic rings. The van der Waals surface area contributed by atoms with Crippen LogP contribution in [0, 0.1) is 12.3 Å². The molecule has 0 saturated carbocycles. The first-order valence-electron chi connectivity index (χ1n) is 5.26. The van der Waals surface area contributed by atoms with Gasteiger partial charge in [-0.25, -0.2) is 0 Å². The number of hydrogen-bond donors (Lipinski definition) is 1. The molecule has 4 nitrogen and oxygen atoms in total. The maximum atomic E-state index is 12.0. The highest BCUT2D eigenvalue weighted by atomic mass is 79.9. The maximum Gasteiger partial charge on any atom is 0.279 e. The summed E-state index contributed by atoms with van der Waals surface area (Å²) in [5.41, 5.74) is 0.698. The van der Waals surface area contributed by atoms with Crippen molar-refractivity contribution in [2.24, 2.45) is 0 Å². The summed E-state index contributed by atoms with van der Waals surface area (Å²) in [6.45, 7) is -0.0978. The van der Waals surface area contributed by atoms with Gasteiger partial charge >= 0.3 is 0 Å². The van der Waals surface area contributed by atoms with E-state index >= 15 is 0 Å². The van der Waals surface area contributed by atoms with Crippen LogP contribution in [0.1, 0.15) is 0 Å². The molecule has 0 fully saturated rings. The predicted octanol–water partition coefficient (Wildman–Crippen LogP) is 2.31. The lowest BCUT2D eigenvalue weighted by Crippen LogP contribution is -2.32. The summed E-state index contributed by atoms with van der Waals surface area (Å²) in [6, 6.07) is 7.11. The molecule has 96 valence electrons. The predicted molar refractivity (Wildman–Crippen MR) is 76.2 cm³/mol. The van der Waals surface area contributed by atoms with E-state index < -0.39 is 11.8 Å². The van der Waals surface area contributed by atoms with Gasteiger partial charge in [0.05, 0.1) is 6.54 Å². The van der Waals surface area contributed by atoms with Gasteiger partial charge in [-0.05, 0) is 24.3 Å². The molecule has 0 bridgehead atoms. The standard InChI is InChI=1S/C13H8BrClN2O2/c1-2-7-17-12(18)10(15)11(13(17)19)16-9-5-3-8(14)4-6-9/h1,3-6,16H,7H2. The summed E-state index contributed by atoms with van der Waals surface area (Å²) in [6.07, 6.45) is 5.11. The van der Waals surface area contributed by atoms with E-state index in [-0.39, 0.29) is 17.3 Å². The van der Waals surface area contributed by atoms with Crippen molar-refractivity contribution in [1.82, 2.24) is 4.90 Å². The Morgan fingerprint density at radius 1 is 1.26 bits per heavy atom. The molecule has 1 N–H and O–H groups in total. The van der Waals surface area contributed by atoms with E-state index in [0.29, 0.717) is 5.69 Å². The van der Waals surface area contributed by atoms with Crippen LogP contribution in [0.3, 0.4) is 0 Å². The molecule has 2 amide bonds. The molecule has 0 aliphatic carbocycles. The van der Waals surface area contributed by atoms with Crippen molar-refractivity contribution in [2.45, 2.75) is 0 Å². The van der Waals surface area contributed by atoms with Gasteiger partial charge in [0.2, 0.25) is 0 Å². The van der Waals surface area contributed by atoms with Gasteiger partial charge in [0.1, 0.15) is 10.7 Å². The number of rotatable bonds is 3. The summed E-state index contributed by atoms with van der Waals surface area (Å²) in [5.74, 6) is 1.15. The summed E-state index contributed by atoms with van der Waals surface area (Å²) >= 11 is 9.17. The number of imide groups is 1.